The van der Waals surface area contributed by atoms with Gasteiger partial charge >= 0.3 is 0 Å². The van der Waals surface area contributed by atoms with E-state index in [0.29, 0.717) is 6.04 Å². The Balaban J connectivity index is 2.26. The Morgan fingerprint density at radius 3 is 2.43 bits per heavy atom. The molecule has 42 valence electrons. The number of hydrogen-bond acceptors (Lipinski definition) is 2. The number of hydrogen-bond donors (Lipinski definition) is 1. The zero-order valence-corrected chi connectivity index (χ0v) is 4.77. The molecule has 2 nitrogen and oxygen atoms in total. The first-order chi connectivity index (χ1) is 3.29. The van der Waals surface area contributed by atoms with Gasteiger partial charge in [-0.2, -0.15) is 0 Å². The van der Waals surface area contributed by atoms with Crippen molar-refractivity contribution >= 4 is 0 Å². The van der Waals surface area contributed by atoms with E-state index >= 15 is 0 Å². The van der Waals surface area contributed by atoms with Crippen molar-refractivity contribution in [3.8, 4) is 0 Å². The van der Waals surface area contributed by atoms with Crippen LogP contribution in [0.15, 0.2) is 0 Å². The van der Waals surface area contributed by atoms with Crippen LogP contribution in [0.3, 0.4) is 0 Å². The molecular weight excluding hydrogens is 90.1 g/mol. The van der Waals surface area contributed by atoms with E-state index in [1.54, 1.807) is 0 Å². The smallest absolute Gasteiger partial charge is 0.105 e. The molecule has 0 saturated carbocycles. The zero-order valence-electron chi connectivity index (χ0n) is 4.77. The lowest BCUT2D eigenvalue weighted by molar-refractivity contribution is 0.115. The van der Waals surface area contributed by atoms with Gasteiger partial charge in [-0.15, -0.1) is 0 Å². The number of rotatable bonds is 0. The molecule has 1 aliphatic heterocycles. The third kappa shape index (κ3) is 1.14. The monoisotopic (exact) mass is 101 g/mol. The van der Waals surface area contributed by atoms with Gasteiger partial charge in [0.1, 0.15) is 6.23 Å². The number of nitrogens with one attached hydrogen (secondary N) is 1. The van der Waals surface area contributed by atoms with E-state index in [1.807, 2.05) is 6.92 Å². The van der Waals surface area contributed by atoms with E-state index in [2.05, 4.69) is 12.2 Å². The molecule has 7 heavy (non-hydrogen) atoms. The average Bonchev–Trinajstić information content (AvgIpc) is 1.87. The lowest BCUT2D eigenvalue weighted by Crippen LogP contribution is -2.25. The summed E-state index contributed by atoms with van der Waals surface area (Å²) in [5.74, 6) is 0. The maximum absolute atomic E-state index is 5.15. The normalized spacial score (nSPS) is 42.0. The molecule has 1 unspecified atom stereocenters. The largest absolute Gasteiger partial charge is 0.362 e. The topological polar surface area (TPSA) is 21.3 Å². The minimum atomic E-state index is 0.273. The van der Waals surface area contributed by atoms with Crippen LogP contribution in [0.1, 0.15) is 13.8 Å². The van der Waals surface area contributed by atoms with Crippen LogP contribution in [-0.4, -0.2) is 18.9 Å². The van der Waals surface area contributed by atoms with Crippen LogP contribution < -0.4 is 5.32 Å². The summed E-state index contributed by atoms with van der Waals surface area (Å²) in [4.78, 5) is 0. The minimum Gasteiger partial charge on any atom is -0.362 e. The first-order valence-electron chi connectivity index (χ1n) is 2.66. The lowest BCUT2D eigenvalue weighted by Gasteiger charge is -1.99. The second-order valence-electron chi connectivity index (χ2n) is 2.04. The van der Waals surface area contributed by atoms with E-state index < -0.39 is 0 Å². The predicted octanol–water partition coefficient (Wildman–Crippen LogP) is 0.341. The van der Waals surface area contributed by atoms with Gasteiger partial charge in [-0.3, -0.25) is 5.32 Å². The maximum atomic E-state index is 5.15. The molecule has 2 atom stereocenters. The van der Waals surface area contributed by atoms with Gasteiger partial charge in [0.25, 0.3) is 0 Å². The Morgan fingerprint density at radius 2 is 2.29 bits per heavy atom. The van der Waals surface area contributed by atoms with E-state index in [0.717, 1.165) is 6.61 Å². The Hall–Kier alpha value is -0.0800. The molecule has 1 heterocycles. The summed E-state index contributed by atoms with van der Waals surface area (Å²) < 4.78 is 5.15. The third-order valence-electron chi connectivity index (χ3n) is 1.12. The van der Waals surface area contributed by atoms with Crippen LogP contribution >= 0.6 is 0 Å². The van der Waals surface area contributed by atoms with E-state index in [-0.39, 0.29) is 6.23 Å². The highest BCUT2D eigenvalue weighted by molar-refractivity contribution is 4.66. The minimum absolute atomic E-state index is 0.273. The quantitative estimate of drug-likeness (QED) is 0.475. The molecule has 0 bridgehead atoms. The second kappa shape index (κ2) is 1.80. The van der Waals surface area contributed by atoms with Crippen molar-refractivity contribution in [2.45, 2.75) is 26.1 Å². The van der Waals surface area contributed by atoms with E-state index in [1.165, 1.54) is 0 Å². The van der Waals surface area contributed by atoms with Gasteiger partial charge in [-0.1, -0.05) is 0 Å². The summed E-state index contributed by atoms with van der Waals surface area (Å²) in [6, 6.07) is 0.551. The van der Waals surface area contributed by atoms with Crippen molar-refractivity contribution in [2.75, 3.05) is 6.61 Å². The summed E-state index contributed by atoms with van der Waals surface area (Å²) in [5.41, 5.74) is 0. The van der Waals surface area contributed by atoms with Gasteiger partial charge in [0.2, 0.25) is 0 Å². The molecule has 1 rings (SSSR count). The molecule has 2 heteroatoms. The van der Waals surface area contributed by atoms with Gasteiger partial charge in [-0.25, -0.2) is 0 Å². The average molecular weight is 101 g/mol. The molecule has 1 fully saturated rings. The summed E-state index contributed by atoms with van der Waals surface area (Å²) >= 11 is 0. The Bertz CT molecular complexity index is 57.1. The van der Waals surface area contributed by atoms with Crippen molar-refractivity contribution in [1.29, 1.82) is 0 Å². The highest BCUT2D eigenvalue weighted by Gasteiger charge is 2.14. The summed E-state index contributed by atoms with van der Waals surface area (Å²) in [6.07, 6.45) is 0.273. The van der Waals surface area contributed by atoms with Crippen LogP contribution in [-0.2, 0) is 4.74 Å². The van der Waals surface area contributed by atoms with Gasteiger partial charge < -0.3 is 4.74 Å². The molecule has 0 amide bonds. The third-order valence-corrected chi connectivity index (χ3v) is 1.12. The zero-order chi connectivity index (χ0) is 5.28. The summed E-state index contributed by atoms with van der Waals surface area (Å²) in [6.45, 7) is 4.99. The van der Waals surface area contributed by atoms with Crippen molar-refractivity contribution in [2.24, 2.45) is 0 Å². The van der Waals surface area contributed by atoms with Crippen molar-refractivity contribution < 1.29 is 4.74 Å². The standard InChI is InChI=1S/C5H11NO/c1-4-3-7-5(2)6-4/h4-6H,3H2,1-2H3/t4-,5?/m0/s1. The predicted molar refractivity (Wildman–Crippen MR) is 28.0 cm³/mol. The van der Waals surface area contributed by atoms with Gasteiger partial charge in [0.15, 0.2) is 0 Å². The number of ether oxygens (including phenoxy) is 1. The molecule has 0 aromatic carbocycles. The molecule has 1 saturated heterocycles. The van der Waals surface area contributed by atoms with E-state index in [9.17, 15) is 0 Å². The van der Waals surface area contributed by atoms with Crippen molar-refractivity contribution in [3.63, 3.8) is 0 Å². The highest BCUT2D eigenvalue weighted by Crippen LogP contribution is 1.98. The highest BCUT2D eigenvalue weighted by atomic mass is 16.5. The lowest BCUT2D eigenvalue weighted by atomic mass is 10.4. The second-order valence-corrected chi connectivity index (χ2v) is 2.04. The van der Waals surface area contributed by atoms with Crippen LogP contribution in [0.5, 0.6) is 0 Å². The van der Waals surface area contributed by atoms with Gasteiger partial charge in [-0.05, 0) is 13.8 Å². The SMILES string of the molecule is CC1N[C@@H](C)CO1. The van der Waals surface area contributed by atoms with Gasteiger partial charge in [0.05, 0.1) is 6.61 Å². The molecule has 1 N–H and O–H groups in total. The maximum Gasteiger partial charge on any atom is 0.105 e. The summed E-state index contributed by atoms with van der Waals surface area (Å²) in [7, 11) is 0. The fraction of sp³-hybridized carbons (Fsp3) is 1.00. The molecule has 0 aromatic heterocycles. The molecule has 0 aliphatic carbocycles. The van der Waals surface area contributed by atoms with Crippen LogP contribution in [0.4, 0.5) is 0 Å². The van der Waals surface area contributed by atoms with E-state index in [4.69, 9.17) is 4.74 Å². The molecule has 0 spiro atoms. The molecule has 0 aromatic rings. The Morgan fingerprint density at radius 1 is 1.57 bits per heavy atom. The first-order valence-corrected chi connectivity index (χ1v) is 2.66. The fourth-order valence-electron chi connectivity index (χ4n) is 0.786. The van der Waals surface area contributed by atoms with Crippen LogP contribution in [0.2, 0.25) is 0 Å². The molecule has 1 aliphatic rings. The van der Waals surface area contributed by atoms with Crippen molar-refractivity contribution in [3.05, 3.63) is 0 Å². The first kappa shape index (κ1) is 5.06. The fourth-order valence-corrected chi connectivity index (χ4v) is 0.786. The Kier molecular flexibility index (Phi) is 1.30. The van der Waals surface area contributed by atoms with Crippen LogP contribution in [0, 0.1) is 0 Å². The Labute approximate surface area is 43.9 Å². The molecular formula is C5H11NO. The van der Waals surface area contributed by atoms with Crippen molar-refractivity contribution in [1.82, 2.24) is 5.32 Å². The summed E-state index contributed by atoms with van der Waals surface area (Å²) in [5, 5.41) is 3.19. The van der Waals surface area contributed by atoms with Crippen LogP contribution in [0.25, 0.3) is 0 Å². The van der Waals surface area contributed by atoms with Gasteiger partial charge in [0, 0.05) is 6.04 Å². The molecule has 0 radical (unpaired) electrons.